The minimum Gasteiger partial charge on any atom is -0.472 e. The van der Waals surface area contributed by atoms with Crippen molar-refractivity contribution in [3.05, 3.63) is 101 Å². The maximum atomic E-state index is 13.9. The van der Waals surface area contributed by atoms with Gasteiger partial charge >= 0.3 is 0 Å². The van der Waals surface area contributed by atoms with Gasteiger partial charge in [0.1, 0.15) is 22.3 Å². The number of pyridine rings is 1. The molecular weight excluding hydrogens is 602 g/mol. The zero-order chi connectivity index (χ0) is 32.4. The van der Waals surface area contributed by atoms with Gasteiger partial charge in [0.25, 0.3) is 0 Å². The van der Waals surface area contributed by atoms with E-state index >= 15 is 0 Å². The zero-order valence-electron chi connectivity index (χ0n) is 26.4. The molecule has 1 aliphatic heterocycles. The lowest BCUT2D eigenvalue weighted by Gasteiger charge is -2.25. The molecule has 2 aromatic carbocycles. The molecule has 11 nitrogen and oxygen atoms in total. The number of carbonyl (C=O) groups is 1. The van der Waals surface area contributed by atoms with Crippen LogP contribution >= 0.6 is 0 Å². The minimum absolute atomic E-state index is 0.0199. The van der Waals surface area contributed by atoms with Crippen LogP contribution in [0.25, 0.3) is 11.0 Å². The Kier molecular flexibility index (Phi) is 8.92. The van der Waals surface area contributed by atoms with Crippen LogP contribution in [0.4, 0.5) is 0 Å². The molecule has 4 heterocycles. The predicted octanol–water partition coefficient (Wildman–Crippen LogP) is 4.95. The van der Waals surface area contributed by atoms with Crippen molar-refractivity contribution in [1.82, 2.24) is 34.5 Å². The molecule has 238 valence electrons. The Hall–Kier alpha value is -4.55. The molecule has 0 saturated carbocycles. The van der Waals surface area contributed by atoms with E-state index in [9.17, 15) is 13.2 Å². The quantitative estimate of drug-likeness (QED) is 0.208. The first kappa shape index (κ1) is 31.4. The molecule has 1 aliphatic rings. The second-order valence-electron chi connectivity index (χ2n) is 11.7. The lowest BCUT2D eigenvalue weighted by atomic mass is 9.82. The second-order valence-corrected chi connectivity index (χ2v) is 13.6. The fourth-order valence-electron chi connectivity index (χ4n) is 6.08. The summed E-state index contributed by atoms with van der Waals surface area (Å²) in [5, 5.41) is 16.8. The predicted molar refractivity (Wildman–Crippen MR) is 173 cm³/mol. The van der Waals surface area contributed by atoms with E-state index in [0.717, 1.165) is 38.9 Å². The molecule has 0 bridgehead atoms. The monoisotopic (exact) mass is 639 g/mol. The first-order valence-corrected chi connectivity index (χ1v) is 17.0. The van der Waals surface area contributed by atoms with Crippen molar-refractivity contribution in [1.29, 1.82) is 0 Å². The Morgan fingerprint density at radius 1 is 1.04 bits per heavy atom. The van der Waals surface area contributed by atoms with Crippen molar-refractivity contribution in [2.24, 2.45) is 0 Å². The molecule has 0 N–H and O–H groups in total. The molecule has 0 radical (unpaired) electrons. The van der Waals surface area contributed by atoms with E-state index in [0.29, 0.717) is 18.7 Å². The smallest absolute Gasteiger partial charge is 0.248 e. The van der Waals surface area contributed by atoms with Gasteiger partial charge < -0.3 is 4.74 Å². The van der Waals surface area contributed by atoms with E-state index in [1.54, 1.807) is 30.5 Å². The van der Waals surface area contributed by atoms with Crippen molar-refractivity contribution in [3.8, 4) is 5.88 Å². The third kappa shape index (κ3) is 6.14. The largest absolute Gasteiger partial charge is 0.472 e. The Balaban J connectivity index is 1.40. The summed E-state index contributed by atoms with van der Waals surface area (Å²) in [6, 6.07) is 16.8. The SMILES string of the molecule is CC[C@@H]1CN(Cc2cc([C@H](CC(=O)Cc3cccnn3)c3ccc4c(nnn4CC)c3C)ccc2C)S(=O)(=O)c2cccnc2O1. The second kappa shape index (κ2) is 13.1. The number of hydrogen-bond donors (Lipinski definition) is 0. The van der Waals surface area contributed by atoms with Crippen LogP contribution in [0, 0.1) is 13.8 Å². The Bertz CT molecular complexity index is 2000. The van der Waals surface area contributed by atoms with Crippen molar-refractivity contribution in [3.63, 3.8) is 0 Å². The number of nitrogens with zero attached hydrogens (tertiary/aromatic N) is 7. The van der Waals surface area contributed by atoms with Gasteiger partial charge in [0.2, 0.25) is 15.9 Å². The van der Waals surface area contributed by atoms with E-state index in [1.807, 2.05) is 56.6 Å². The molecule has 46 heavy (non-hydrogen) atoms. The number of ether oxygens (including phenoxy) is 1. The fourth-order valence-corrected chi connectivity index (χ4v) is 7.60. The zero-order valence-corrected chi connectivity index (χ0v) is 27.2. The number of aromatic nitrogens is 6. The minimum atomic E-state index is -3.89. The van der Waals surface area contributed by atoms with Crippen LogP contribution in [0.5, 0.6) is 5.88 Å². The summed E-state index contributed by atoms with van der Waals surface area (Å²) in [5.74, 6) is -0.154. The highest BCUT2D eigenvalue weighted by Gasteiger charge is 2.35. The van der Waals surface area contributed by atoms with Gasteiger partial charge in [-0.25, -0.2) is 18.1 Å². The molecule has 0 spiro atoms. The fraction of sp³-hybridized carbons (Fsp3) is 0.353. The van der Waals surface area contributed by atoms with Gasteiger partial charge in [0, 0.05) is 37.8 Å². The molecular formula is C34H37N7O4S. The van der Waals surface area contributed by atoms with Gasteiger partial charge in [-0.15, -0.1) is 5.10 Å². The summed E-state index contributed by atoms with van der Waals surface area (Å²) >= 11 is 0. The number of rotatable bonds is 10. The molecule has 0 unspecified atom stereocenters. The normalized spacial score (nSPS) is 16.8. The number of Topliss-reactive ketones (excluding diaryl/α,β-unsaturated/α-hetero) is 1. The molecule has 0 amide bonds. The number of benzene rings is 2. The average molecular weight is 640 g/mol. The molecule has 0 fully saturated rings. The van der Waals surface area contributed by atoms with E-state index in [1.165, 1.54) is 10.5 Å². The molecule has 2 atom stereocenters. The standard InChI is InChI=1S/C34H37N7O4S/c1-5-28-21-40(46(43,44)32-10-8-15-35-34(32)45-28)20-25-17-24(12-11-22(25)3)30(19-27(42)18-26-9-7-16-36-37-26)29-13-14-31-33(23(29)4)38-39-41(31)6-2/h7-17,28,30H,5-6,18-21H2,1-4H3/t28-,30+/m1/s1. The number of carbonyl (C=O) groups excluding carboxylic acids is 1. The molecule has 12 heteroatoms. The highest BCUT2D eigenvalue weighted by atomic mass is 32.2. The Labute approximate surface area is 268 Å². The van der Waals surface area contributed by atoms with Crippen LogP contribution in [0.1, 0.15) is 66.1 Å². The van der Waals surface area contributed by atoms with Crippen LogP contribution in [0.3, 0.4) is 0 Å². The van der Waals surface area contributed by atoms with E-state index in [2.05, 4.69) is 31.6 Å². The first-order valence-electron chi connectivity index (χ1n) is 15.5. The summed E-state index contributed by atoms with van der Waals surface area (Å²) in [6.45, 7) is 9.02. The van der Waals surface area contributed by atoms with Crippen LogP contribution in [0.2, 0.25) is 0 Å². The van der Waals surface area contributed by atoms with Crippen molar-refractivity contribution in [2.45, 2.75) is 77.0 Å². The average Bonchev–Trinajstić information content (AvgIpc) is 3.45. The van der Waals surface area contributed by atoms with E-state index in [4.69, 9.17) is 4.74 Å². The number of hydrogen-bond acceptors (Lipinski definition) is 9. The molecule has 6 rings (SSSR count). The third-order valence-corrected chi connectivity index (χ3v) is 10.5. The Morgan fingerprint density at radius 2 is 1.87 bits per heavy atom. The van der Waals surface area contributed by atoms with E-state index < -0.39 is 10.0 Å². The van der Waals surface area contributed by atoms with Crippen LogP contribution in [-0.4, -0.2) is 61.3 Å². The highest BCUT2D eigenvalue weighted by molar-refractivity contribution is 7.89. The topological polar surface area (TPSA) is 133 Å². The van der Waals surface area contributed by atoms with Gasteiger partial charge in [-0.1, -0.05) is 36.4 Å². The number of fused-ring (bicyclic) bond motifs is 2. The van der Waals surface area contributed by atoms with Gasteiger partial charge in [-0.3, -0.25) is 4.79 Å². The maximum Gasteiger partial charge on any atom is 0.248 e. The lowest BCUT2D eigenvalue weighted by Crippen LogP contribution is -2.36. The van der Waals surface area contributed by atoms with Crippen LogP contribution in [-0.2, 0) is 34.3 Å². The summed E-state index contributed by atoms with van der Waals surface area (Å²) in [5.41, 5.74) is 6.99. The summed E-state index contributed by atoms with van der Waals surface area (Å²) in [4.78, 5) is 17.8. The van der Waals surface area contributed by atoms with Crippen molar-refractivity contribution < 1.29 is 17.9 Å². The van der Waals surface area contributed by atoms with Gasteiger partial charge in [0.15, 0.2) is 0 Å². The van der Waals surface area contributed by atoms with Crippen molar-refractivity contribution >= 4 is 26.8 Å². The van der Waals surface area contributed by atoms with Crippen molar-refractivity contribution in [2.75, 3.05) is 6.54 Å². The highest BCUT2D eigenvalue weighted by Crippen LogP contribution is 2.36. The van der Waals surface area contributed by atoms with Crippen LogP contribution < -0.4 is 4.74 Å². The summed E-state index contributed by atoms with van der Waals surface area (Å²) in [7, 11) is -3.89. The number of aryl methyl sites for hydroxylation is 3. The van der Waals surface area contributed by atoms with Crippen LogP contribution in [0.15, 0.2) is 71.9 Å². The Morgan fingerprint density at radius 3 is 2.63 bits per heavy atom. The van der Waals surface area contributed by atoms with Gasteiger partial charge in [-0.2, -0.15) is 14.5 Å². The molecule has 0 saturated heterocycles. The number of ketones is 1. The lowest BCUT2D eigenvalue weighted by molar-refractivity contribution is -0.118. The summed E-state index contributed by atoms with van der Waals surface area (Å²) < 4.78 is 37.1. The maximum absolute atomic E-state index is 13.9. The van der Waals surface area contributed by atoms with E-state index in [-0.39, 0.29) is 54.5 Å². The van der Waals surface area contributed by atoms with Gasteiger partial charge in [-0.05, 0) is 85.3 Å². The van der Waals surface area contributed by atoms with Gasteiger partial charge in [0.05, 0.1) is 24.2 Å². The third-order valence-electron chi connectivity index (χ3n) is 8.71. The summed E-state index contributed by atoms with van der Waals surface area (Å²) in [6.07, 6.45) is 3.79. The first-order chi connectivity index (χ1) is 22.2. The molecule has 5 aromatic rings. The molecule has 3 aromatic heterocycles. The number of sulfonamides is 1. The molecule has 0 aliphatic carbocycles.